The van der Waals surface area contributed by atoms with Gasteiger partial charge in [0.15, 0.2) is 18.9 Å². The molecule has 3 fully saturated rings. The topological polar surface area (TPSA) is 278 Å². The first-order valence-corrected chi connectivity index (χ1v) is 11.7. The first-order chi connectivity index (χ1) is 17.6. The van der Waals surface area contributed by atoms with Crippen molar-refractivity contribution in [2.75, 3.05) is 33.0 Å². The third kappa shape index (κ3) is 6.56. The number of aliphatic hydroxyl groups excluding tert-OH is 11. The van der Waals surface area contributed by atoms with E-state index in [-0.39, 0.29) is 6.61 Å². The Morgan fingerprint density at radius 2 is 0.973 bits per heavy atom. The van der Waals surface area contributed by atoms with E-state index in [2.05, 4.69) is 0 Å². The molecule has 0 aromatic rings. The highest BCUT2D eigenvalue weighted by Crippen LogP contribution is 2.32. The molecular formula is C20H36O17. The molecule has 17 nitrogen and oxygen atoms in total. The van der Waals surface area contributed by atoms with Crippen LogP contribution < -0.4 is 0 Å². The number of hydrogen-bond donors (Lipinski definition) is 11. The summed E-state index contributed by atoms with van der Waals surface area (Å²) in [5.74, 6) is 0. The van der Waals surface area contributed by atoms with Crippen molar-refractivity contribution in [2.24, 2.45) is 0 Å². The van der Waals surface area contributed by atoms with Crippen molar-refractivity contribution in [2.45, 2.75) is 92.1 Å². The van der Waals surface area contributed by atoms with Crippen LogP contribution in [0.3, 0.4) is 0 Å². The van der Waals surface area contributed by atoms with E-state index in [1.54, 1.807) is 0 Å². The lowest BCUT2D eigenvalue weighted by molar-refractivity contribution is -0.379. The average molecular weight is 548 g/mol. The van der Waals surface area contributed by atoms with Gasteiger partial charge in [0.25, 0.3) is 0 Å². The molecule has 15 atom stereocenters. The van der Waals surface area contributed by atoms with Crippen LogP contribution in [0.2, 0.25) is 0 Å². The molecule has 3 aliphatic rings. The largest absolute Gasteiger partial charge is 0.394 e. The summed E-state index contributed by atoms with van der Waals surface area (Å²) in [6, 6.07) is 0. The van der Waals surface area contributed by atoms with Crippen LogP contribution in [0.5, 0.6) is 0 Å². The predicted molar refractivity (Wildman–Crippen MR) is 112 cm³/mol. The van der Waals surface area contributed by atoms with Crippen molar-refractivity contribution in [3.8, 4) is 0 Å². The smallest absolute Gasteiger partial charge is 0.187 e. The summed E-state index contributed by atoms with van der Waals surface area (Å²) in [5, 5.41) is 110. The molecule has 0 aromatic heterocycles. The zero-order valence-electron chi connectivity index (χ0n) is 19.6. The molecule has 0 radical (unpaired) electrons. The summed E-state index contributed by atoms with van der Waals surface area (Å²) >= 11 is 0. The van der Waals surface area contributed by atoms with Gasteiger partial charge in [-0.1, -0.05) is 0 Å². The van der Waals surface area contributed by atoms with Gasteiger partial charge in [-0.05, 0) is 0 Å². The van der Waals surface area contributed by atoms with Crippen molar-refractivity contribution >= 4 is 0 Å². The number of aliphatic hydroxyl groups is 11. The Balaban J connectivity index is 1.75. The second-order valence-corrected chi connectivity index (χ2v) is 8.90. The van der Waals surface area contributed by atoms with Crippen LogP contribution in [0.15, 0.2) is 0 Å². The fourth-order valence-electron chi connectivity index (χ4n) is 4.41. The molecule has 3 heterocycles. The maximum atomic E-state index is 10.8. The second-order valence-electron chi connectivity index (χ2n) is 8.90. The summed E-state index contributed by atoms with van der Waals surface area (Å²) in [5.41, 5.74) is 0. The maximum Gasteiger partial charge on any atom is 0.187 e. The van der Waals surface area contributed by atoms with Gasteiger partial charge in [-0.2, -0.15) is 0 Å². The molecule has 0 aromatic carbocycles. The van der Waals surface area contributed by atoms with Gasteiger partial charge in [0, 0.05) is 0 Å². The van der Waals surface area contributed by atoms with E-state index in [0.29, 0.717) is 0 Å². The lowest BCUT2D eigenvalue weighted by Crippen LogP contribution is -2.66. The first kappa shape index (κ1) is 30.9. The fourth-order valence-corrected chi connectivity index (χ4v) is 4.41. The lowest BCUT2D eigenvalue weighted by atomic mass is 9.96. The van der Waals surface area contributed by atoms with E-state index in [1.165, 1.54) is 0 Å². The maximum absolute atomic E-state index is 10.8. The molecule has 3 saturated heterocycles. The van der Waals surface area contributed by atoms with Gasteiger partial charge in [-0.25, -0.2) is 0 Å². The molecule has 0 bridgehead atoms. The van der Waals surface area contributed by atoms with Gasteiger partial charge in [-0.15, -0.1) is 0 Å². The van der Waals surface area contributed by atoms with Crippen LogP contribution in [0.25, 0.3) is 0 Å². The van der Waals surface area contributed by atoms with Gasteiger partial charge in [0.05, 0.1) is 33.0 Å². The zero-order valence-corrected chi connectivity index (χ0v) is 19.6. The van der Waals surface area contributed by atoms with Crippen LogP contribution >= 0.6 is 0 Å². The molecule has 0 saturated carbocycles. The minimum atomic E-state index is -1.91. The molecular weight excluding hydrogens is 512 g/mol. The monoisotopic (exact) mass is 548 g/mol. The summed E-state index contributed by atoms with van der Waals surface area (Å²) in [7, 11) is 0. The van der Waals surface area contributed by atoms with Gasteiger partial charge < -0.3 is 84.6 Å². The fraction of sp³-hybridized carbons (Fsp3) is 1.00. The highest BCUT2D eigenvalue weighted by atomic mass is 16.8. The van der Waals surface area contributed by atoms with Gasteiger partial charge in [0.1, 0.15) is 73.2 Å². The van der Waals surface area contributed by atoms with Gasteiger partial charge in [-0.3, -0.25) is 0 Å². The number of ether oxygens (including phenoxy) is 6. The molecule has 3 rings (SSSR count). The van der Waals surface area contributed by atoms with E-state index < -0.39 is 119 Å². The van der Waals surface area contributed by atoms with Crippen molar-refractivity contribution in [1.82, 2.24) is 0 Å². The van der Waals surface area contributed by atoms with Gasteiger partial charge >= 0.3 is 0 Å². The first-order valence-electron chi connectivity index (χ1n) is 11.7. The SMILES string of the molecule is OCCO[C@H]1[C@@H](O[C@H]2[C@H](O)[C@@H](O)[C@@H](O[C@H]3[C@H](O)[C@@H](O)[C@@H](O)O[C@@H]3CO)O[C@@H]2CO)O[C@H](CO)[C@@H](O)[C@@H]1O. The van der Waals surface area contributed by atoms with Gasteiger partial charge in [0.2, 0.25) is 0 Å². The molecule has 0 amide bonds. The third-order valence-corrected chi connectivity index (χ3v) is 6.47. The zero-order chi connectivity index (χ0) is 27.4. The number of hydrogen-bond acceptors (Lipinski definition) is 17. The van der Waals surface area contributed by atoms with Crippen molar-refractivity contribution in [3.05, 3.63) is 0 Å². The molecule has 218 valence electrons. The number of rotatable bonds is 10. The van der Waals surface area contributed by atoms with E-state index in [4.69, 9.17) is 33.5 Å². The van der Waals surface area contributed by atoms with E-state index in [0.717, 1.165) is 0 Å². The average Bonchev–Trinajstić information content (AvgIpc) is 2.89. The Hall–Kier alpha value is -0.680. The summed E-state index contributed by atoms with van der Waals surface area (Å²) in [6.07, 6.45) is -24.4. The molecule has 0 unspecified atom stereocenters. The van der Waals surface area contributed by atoms with E-state index in [1.807, 2.05) is 0 Å². The minimum absolute atomic E-state index is 0.300. The molecule has 17 heteroatoms. The Kier molecular flexibility index (Phi) is 11.3. The Bertz CT molecular complexity index is 683. The second kappa shape index (κ2) is 13.6. The molecule has 37 heavy (non-hydrogen) atoms. The molecule has 0 spiro atoms. The van der Waals surface area contributed by atoms with Crippen LogP contribution in [0.1, 0.15) is 0 Å². The molecule has 3 aliphatic heterocycles. The summed E-state index contributed by atoms with van der Waals surface area (Å²) < 4.78 is 32.3. The van der Waals surface area contributed by atoms with E-state index >= 15 is 0 Å². The quantitative estimate of drug-likeness (QED) is 0.121. The van der Waals surface area contributed by atoms with Crippen LogP contribution in [0.4, 0.5) is 0 Å². The van der Waals surface area contributed by atoms with Crippen molar-refractivity contribution in [1.29, 1.82) is 0 Å². The van der Waals surface area contributed by atoms with E-state index in [9.17, 15) is 51.1 Å². The normalized spacial score (nSPS) is 49.2. The lowest BCUT2D eigenvalue weighted by Gasteiger charge is -2.48. The standard InChI is InChI=1S/C20H36O17/c21-1-2-32-17-10(26)9(25)6(3-22)34-20(17)37-16-8(5-24)35-19(14(30)12(16)28)36-15-7(4-23)33-18(31)13(29)11(15)27/h6-31H,1-5H2/t6-,7-,8-,9-,10+,11-,12-,13-,14-,15-,16-,17-,18+,19-,20-/m1/s1. The van der Waals surface area contributed by atoms with Crippen molar-refractivity contribution < 1.29 is 84.6 Å². The van der Waals surface area contributed by atoms with Crippen LogP contribution in [-0.2, 0) is 28.4 Å². The van der Waals surface area contributed by atoms with Crippen LogP contribution in [0, 0.1) is 0 Å². The summed E-state index contributed by atoms with van der Waals surface area (Å²) in [4.78, 5) is 0. The third-order valence-electron chi connectivity index (χ3n) is 6.47. The predicted octanol–water partition coefficient (Wildman–Crippen LogP) is -7.56. The Morgan fingerprint density at radius 3 is 1.54 bits per heavy atom. The van der Waals surface area contributed by atoms with Crippen molar-refractivity contribution in [3.63, 3.8) is 0 Å². The minimum Gasteiger partial charge on any atom is -0.394 e. The Morgan fingerprint density at radius 1 is 0.486 bits per heavy atom. The highest BCUT2D eigenvalue weighted by Gasteiger charge is 2.53. The summed E-state index contributed by atoms with van der Waals surface area (Å²) in [6.45, 7) is -3.06. The molecule has 0 aliphatic carbocycles. The van der Waals surface area contributed by atoms with Crippen LogP contribution in [-0.4, -0.2) is 181 Å². The highest BCUT2D eigenvalue weighted by molar-refractivity contribution is 4.96. The Labute approximate surface area is 210 Å². The molecule has 11 N–H and O–H groups in total.